The molecule has 3 aliphatic rings. The minimum Gasteiger partial charge on any atom is -0.354 e. The molecule has 3 fully saturated rings. The standard InChI is InChI=1S/C19H31N5O4/c1-13(24-17(27)19(22-18(24)28)8-3-4-9-19)16(26)23-11-5-2-6-14(23)12-21-15(25)7-10-20/h13-14H,2-12,20H2,1H3,(H,21,25)(H,22,28). The molecule has 0 aromatic heterocycles. The number of piperidine rings is 1. The van der Waals surface area contributed by atoms with Crippen molar-refractivity contribution in [3.63, 3.8) is 0 Å². The summed E-state index contributed by atoms with van der Waals surface area (Å²) < 4.78 is 0. The third-order valence-corrected chi connectivity index (χ3v) is 6.21. The predicted molar refractivity (Wildman–Crippen MR) is 102 cm³/mol. The van der Waals surface area contributed by atoms with Gasteiger partial charge in [0.15, 0.2) is 0 Å². The van der Waals surface area contributed by atoms with Gasteiger partial charge in [0.05, 0.1) is 0 Å². The lowest BCUT2D eigenvalue weighted by Gasteiger charge is -2.38. The molecule has 1 aliphatic carbocycles. The molecule has 3 rings (SSSR count). The average molecular weight is 393 g/mol. The van der Waals surface area contributed by atoms with Crippen molar-refractivity contribution in [3.8, 4) is 0 Å². The Labute approximate surface area is 165 Å². The van der Waals surface area contributed by atoms with Gasteiger partial charge < -0.3 is 21.3 Å². The molecule has 0 aromatic carbocycles. The van der Waals surface area contributed by atoms with Crippen LogP contribution in [0.3, 0.4) is 0 Å². The lowest BCUT2D eigenvalue weighted by Crippen LogP contribution is -2.56. The third-order valence-electron chi connectivity index (χ3n) is 6.21. The van der Waals surface area contributed by atoms with Crippen molar-refractivity contribution in [2.24, 2.45) is 5.73 Å². The number of nitrogens with one attached hydrogen (secondary N) is 2. The smallest absolute Gasteiger partial charge is 0.325 e. The number of hydrogen-bond acceptors (Lipinski definition) is 5. The third kappa shape index (κ3) is 3.85. The van der Waals surface area contributed by atoms with Gasteiger partial charge >= 0.3 is 6.03 Å². The first kappa shape index (κ1) is 20.6. The monoisotopic (exact) mass is 393 g/mol. The van der Waals surface area contributed by atoms with Gasteiger partial charge in [-0.05, 0) is 39.0 Å². The fraction of sp³-hybridized carbons (Fsp3) is 0.789. The number of amides is 5. The van der Waals surface area contributed by atoms with Crippen molar-refractivity contribution in [1.29, 1.82) is 0 Å². The summed E-state index contributed by atoms with van der Waals surface area (Å²) in [6, 6.07) is -1.46. The maximum atomic E-state index is 13.2. The van der Waals surface area contributed by atoms with Crippen LogP contribution in [0.2, 0.25) is 0 Å². The SMILES string of the molecule is CC(C(=O)N1CCCCC1CNC(=O)CCN)N1C(=O)NC2(CCCC2)C1=O. The van der Waals surface area contributed by atoms with E-state index in [1.54, 1.807) is 11.8 Å². The van der Waals surface area contributed by atoms with Gasteiger partial charge in [-0.3, -0.25) is 14.4 Å². The van der Waals surface area contributed by atoms with E-state index in [0.717, 1.165) is 37.0 Å². The molecule has 2 atom stereocenters. The molecule has 0 aromatic rings. The summed E-state index contributed by atoms with van der Waals surface area (Å²) >= 11 is 0. The number of carbonyl (C=O) groups is 4. The van der Waals surface area contributed by atoms with Gasteiger partial charge in [-0.25, -0.2) is 9.69 Å². The minimum atomic E-state index is -0.854. The van der Waals surface area contributed by atoms with Crippen LogP contribution in [0.5, 0.6) is 0 Å². The zero-order chi connectivity index (χ0) is 20.3. The molecular formula is C19H31N5O4. The van der Waals surface area contributed by atoms with Gasteiger partial charge in [0.2, 0.25) is 11.8 Å². The molecule has 5 amide bonds. The molecule has 4 N–H and O–H groups in total. The summed E-state index contributed by atoms with van der Waals surface area (Å²) in [5.74, 6) is -0.650. The summed E-state index contributed by atoms with van der Waals surface area (Å²) in [7, 11) is 0. The van der Waals surface area contributed by atoms with Crippen molar-refractivity contribution < 1.29 is 19.2 Å². The lowest BCUT2D eigenvalue weighted by molar-refractivity contribution is -0.145. The van der Waals surface area contributed by atoms with Crippen LogP contribution in [0.4, 0.5) is 4.79 Å². The fourth-order valence-electron chi connectivity index (χ4n) is 4.61. The number of hydrogen-bond donors (Lipinski definition) is 3. The fourth-order valence-corrected chi connectivity index (χ4v) is 4.61. The van der Waals surface area contributed by atoms with E-state index in [-0.39, 0.29) is 36.7 Å². The van der Waals surface area contributed by atoms with E-state index in [9.17, 15) is 19.2 Å². The van der Waals surface area contributed by atoms with Crippen LogP contribution in [0.25, 0.3) is 0 Å². The van der Waals surface area contributed by atoms with Crippen molar-refractivity contribution in [2.45, 2.75) is 75.9 Å². The number of nitrogens with two attached hydrogens (primary N) is 1. The Morgan fingerprint density at radius 1 is 1.25 bits per heavy atom. The maximum Gasteiger partial charge on any atom is 0.325 e. The Balaban J connectivity index is 1.67. The summed E-state index contributed by atoms with van der Waals surface area (Å²) in [6.07, 6.45) is 5.95. The molecule has 2 aliphatic heterocycles. The summed E-state index contributed by atoms with van der Waals surface area (Å²) in [5.41, 5.74) is 4.58. The zero-order valence-corrected chi connectivity index (χ0v) is 16.5. The Morgan fingerprint density at radius 3 is 2.64 bits per heavy atom. The number of imide groups is 1. The first-order valence-corrected chi connectivity index (χ1v) is 10.3. The molecule has 1 saturated carbocycles. The first-order valence-electron chi connectivity index (χ1n) is 10.3. The van der Waals surface area contributed by atoms with E-state index in [1.807, 2.05) is 0 Å². The average Bonchev–Trinajstić information content (AvgIpc) is 3.24. The Bertz CT molecular complexity index is 646. The Morgan fingerprint density at radius 2 is 1.96 bits per heavy atom. The van der Waals surface area contributed by atoms with Crippen LogP contribution in [0.1, 0.15) is 58.3 Å². The summed E-state index contributed by atoms with van der Waals surface area (Å²) in [4.78, 5) is 53.2. The normalized spacial score (nSPS) is 25.1. The van der Waals surface area contributed by atoms with Crippen molar-refractivity contribution in [2.75, 3.05) is 19.6 Å². The van der Waals surface area contributed by atoms with Crippen molar-refractivity contribution in [1.82, 2.24) is 20.4 Å². The highest BCUT2D eigenvalue weighted by atomic mass is 16.2. The van der Waals surface area contributed by atoms with E-state index in [2.05, 4.69) is 10.6 Å². The summed E-state index contributed by atoms with van der Waals surface area (Å²) in [6.45, 7) is 2.83. The topological polar surface area (TPSA) is 125 Å². The highest BCUT2D eigenvalue weighted by Crippen LogP contribution is 2.36. The molecule has 28 heavy (non-hydrogen) atoms. The molecule has 2 heterocycles. The van der Waals surface area contributed by atoms with Crippen LogP contribution < -0.4 is 16.4 Å². The van der Waals surface area contributed by atoms with E-state index in [1.165, 1.54) is 0 Å². The lowest BCUT2D eigenvalue weighted by atomic mass is 9.97. The van der Waals surface area contributed by atoms with E-state index in [0.29, 0.717) is 25.9 Å². The second-order valence-corrected chi connectivity index (χ2v) is 8.09. The molecule has 2 saturated heterocycles. The van der Waals surface area contributed by atoms with Crippen molar-refractivity contribution >= 4 is 23.8 Å². The van der Waals surface area contributed by atoms with Crippen LogP contribution >= 0.6 is 0 Å². The van der Waals surface area contributed by atoms with Gasteiger partial charge in [0.1, 0.15) is 11.6 Å². The molecule has 156 valence electrons. The van der Waals surface area contributed by atoms with Crippen LogP contribution in [0.15, 0.2) is 0 Å². The molecule has 1 spiro atoms. The van der Waals surface area contributed by atoms with Crippen LogP contribution in [-0.4, -0.2) is 70.8 Å². The van der Waals surface area contributed by atoms with Crippen LogP contribution in [0, 0.1) is 0 Å². The van der Waals surface area contributed by atoms with E-state index < -0.39 is 17.6 Å². The second-order valence-electron chi connectivity index (χ2n) is 8.09. The predicted octanol–water partition coefficient (Wildman–Crippen LogP) is 0.0856. The van der Waals surface area contributed by atoms with E-state index >= 15 is 0 Å². The molecule has 0 radical (unpaired) electrons. The van der Waals surface area contributed by atoms with Gasteiger partial charge in [0.25, 0.3) is 5.91 Å². The molecule has 2 unspecified atom stereocenters. The quantitative estimate of drug-likeness (QED) is 0.552. The maximum absolute atomic E-state index is 13.2. The molecule has 9 heteroatoms. The molecular weight excluding hydrogens is 362 g/mol. The van der Waals surface area contributed by atoms with Gasteiger partial charge in [-0.2, -0.15) is 0 Å². The minimum absolute atomic E-state index is 0.133. The molecule has 9 nitrogen and oxygen atoms in total. The zero-order valence-electron chi connectivity index (χ0n) is 16.5. The highest BCUT2D eigenvalue weighted by Gasteiger charge is 2.55. The largest absolute Gasteiger partial charge is 0.354 e. The van der Waals surface area contributed by atoms with Gasteiger partial charge in [-0.1, -0.05) is 12.8 Å². The Hall–Kier alpha value is -2.16. The number of rotatable bonds is 6. The molecule has 0 bridgehead atoms. The number of urea groups is 1. The van der Waals surface area contributed by atoms with Gasteiger partial charge in [-0.15, -0.1) is 0 Å². The number of carbonyl (C=O) groups excluding carboxylic acids is 4. The van der Waals surface area contributed by atoms with Crippen LogP contribution in [-0.2, 0) is 14.4 Å². The highest BCUT2D eigenvalue weighted by molar-refractivity contribution is 6.10. The Kier molecular flexibility index (Phi) is 6.22. The van der Waals surface area contributed by atoms with Gasteiger partial charge in [0, 0.05) is 32.1 Å². The van der Waals surface area contributed by atoms with E-state index in [4.69, 9.17) is 5.73 Å². The number of likely N-dealkylation sites (tertiary alicyclic amines) is 1. The second kappa shape index (κ2) is 8.46. The van der Waals surface area contributed by atoms with Crippen molar-refractivity contribution in [3.05, 3.63) is 0 Å². The summed E-state index contributed by atoms with van der Waals surface area (Å²) in [5, 5.41) is 5.66. The number of nitrogens with zero attached hydrogens (tertiary/aromatic N) is 2. The first-order chi connectivity index (χ1) is 13.4.